The van der Waals surface area contributed by atoms with Crippen LogP contribution in [-0.2, 0) is 4.79 Å². The Morgan fingerprint density at radius 1 is 1.17 bits per heavy atom. The Balaban J connectivity index is 1.35. The number of benzene rings is 1. The summed E-state index contributed by atoms with van der Waals surface area (Å²) < 4.78 is 0. The van der Waals surface area contributed by atoms with Crippen LogP contribution >= 0.6 is 23.4 Å². The van der Waals surface area contributed by atoms with Crippen molar-refractivity contribution >= 4 is 29.1 Å². The van der Waals surface area contributed by atoms with E-state index in [1.54, 1.807) is 0 Å². The van der Waals surface area contributed by atoms with Gasteiger partial charge in [-0.15, -0.1) is 11.8 Å². The van der Waals surface area contributed by atoms with Crippen molar-refractivity contribution in [1.82, 2.24) is 0 Å². The summed E-state index contributed by atoms with van der Waals surface area (Å²) in [7, 11) is 0. The van der Waals surface area contributed by atoms with Crippen LogP contribution in [0.3, 0.4) is 0 Å². The number of carbonyl (C=O) groups is 1. The Bertz CT molecular complexity index is 864. The Kier molecular flexibility index (Phi) is 5.40. The van der Waals surface area contributed by atoms with E-state index >= 15 is 0 Å². The first kappa shape index (κ1) is 21.1. The SMILES string of the molecule is C[C@]12CC[C@H]3[C@@H](CC=C4C[C@@H](O)C(CSc5ccc(Cl)cc5)C[C@@]43C)[C@@H]1CC(=O)C2. The largest absolute Gasteiger partial charge is 0.392 e. The maximum absolute atomic E-state index is 12.3. The second-order valence-corrected chi connectivity index (χ2v) is 12.4. The molecule has 0 saturated heterocycles. The molecule has 7 atom stereocenters. The van der Waals surface area contributed by atoms with E-state index in [-0.39, 0.29) is 16.9 Å². The molecule has 0 amide bonds. The molecule has 5 rings (SSSR count). The van der Waals surface area contributed by atoms with E-state index in [9.17, 15) is 9.90 Å². The van der Waals surface area contributed by atoms with Gasteiger partial charge in [-0.25, -0.2) is 0 Å². The summed E-state index contributed by atoms with van der Waals surface area (Å²) in [6.45, 7) is 4.84. The fourth-order valence-corrected chi connectivity index (χ4v) is 8.71. The smallest absolute Gasteiger partial charge is 0.133 e. The molecular formula is C26H33ClO2S. The van der Waals surface area contributed by atoms with Crippen molar-refractivity contribution in [3.8, 4) is 0 Å². The summed E-state index contributed by atoms with van der Waals surface area (Å²) in [5.41, 5.74) is 1.91. The molecule has 1 N–H and O–H groups in total. The van der Waals surface area contributed by atoms with Gasteiger partial charge in [0.2, 0.25) is 0 Å². The number of ketones is 1. The lowest BCUT2D eigenvalue weighted by molar-refractivity contribution is -0.118. The van der Waals surface area contributed by atoms with Crippen LogP contribution in [0.15, 0.2) is 40.8 Å². The van der Waals surface area contributed by atoms with Crippen molar-refractivity contribution in [3.05, 3.63) is 40.9 Å². The maximum Gasteiger partial charge on any atom is 0.133 e. The second kappa shape index (κ2) is 7.67. The number of hydrogen-bond acceptors (Lipinski definition) is 3. The van der Waals surface area contributed by atoms with E-state index in [0.717, 1.165) is 42.9 Å². The van der Waals surface area contributed by atoms with Crippen molar-refractivity contribution in [1.29, 1.82) is 0 Å². The van der Waals surface area contributed by atoms with Crippen molar-refractivity contribution in [3.63, 3.8) is 0 Å². The standard InChI is InChI=1S/C26H33ClO2S/c1-25-10-9-22-21(23(25)12-19(28)14-25)8-3-17-11-24(29)16(13-26(17,22)2)15-30-20-6-4-18(27)5-7-20/h3-7,16,21-24,29H,8-15H2,1-2H3/t16?,21-,22+,23+,24-,25-,26+/m1/s1. The zero-order valence-electron chi connectivity index (χ0n) is 18.1. The van der Waals surface area contributed by atoms with E-state index in [0.29, 0.717) is 29.5 Å². The number of carbonyl (C=O) groups excluding carboxylic acids is 1. The van der Waals surface area contributed by atoms with Gasteiger partial charge in [0.05, 0.1) is 6.10 Å². The number of aliphatic hydroxyl groups is 1. The molecule has 1 aromatic carbocycles. The van der Waals surface area contributed by atoms with Crippen LogP contribution in [0.4, 0.5) is 0 Å². The highest BCUT2D eigenvalue weighted by atomic mass is 35.5. The van der Waals surface area contributed by atoms with Crippen LogP contribution in [0.25, 0.3) is 0 Å². The number of rotatable bonds is 3. The third kappa shape index (κ3) is 3.49. The van der Waals surface area contributed by atoms with Crippen LogP contribution in [0, 0.1) is 34.5 Å². The predicted octanol–water partition coefficient (Wildman–Crippen LogP) is 6.55. The molecular weight excluding hydrogens is 412 g/mol. The molecule has 3 saturated carbocycles. The minimum Gasteiger partial charge on any atom is -0.392 e. The molecule has 4 heteroatoms. The second-order valence-electron chi connectivity index (χ2n) is 10.9. The molecule has 1 unspecified atom stereocenters. The van der Waals surface area contributed by atoms with Gasteiger partial charge in [-0.1, -0.05) is 37.1 Å². The lowest BCUT2D eigenvalue weighted by Crippen LogP contribution is -2.51. The molecule has 0 spiro atoms. The molecule has 0 aromatic heterocycles. The molecule has 1 aromatic rings. The summed E-state index contributed by atoms with van der Waals surface area (Å²) in [5, 5.41) is 11.7. The minimum absolute atomic E-state index is 0.181. The summed E-state index contributed by atoms with van der Waals surface area (Å²) in [4.78, 5) is 13.5. The number of aliphatic hydroxyl groups excluding tert-OH is 1. The fourth-order valence-electron chi connectivity index (χ4n) is 7.51. The fraction of sp³-hybridized carbons (Fsp3) is 0.654. The Morgan fingerprint density at radius 2 is 1.93 bits per heavy atom. The Labute approximate surface area is 189 Å². The summed E-state index contributed by atoms with van der Waals surface area (Å²) in [5.74, 6) is 3.61. The molecule has 0 radical (unpaired) electrons. The van der Waals surface area contributed by atoms with E-state index in [1.807, 2.05) is 23.9 Å². The van der Waals surface area contributed by atoms with Gasteiger partial charge in [0, 0.05) is 28.5 Å². The number of allylic oxidation sites excluding steroid dienone is 1. The van der Waals surface area contributed by atoms with Crippen LogP contribution in [0.5, 0.6) is 0 Å². The molecule has 0 heterocycles. The quantitative estimate of drug-likeness (QED) is 0.424. The summed E-state index contributed by atoms with van der Waals surface area (Å²) >= 11 is 7.86. The van der Waals surface area contributed by atoms with Gasteiger partial charge in [-0.2, -0.15) is 0 Å². The molecule has 2 nitrogen and oxygen atoms in total. The number of fused-ring (bicyclic) bond motifs is 5. The van der Waals surface area contributed by atoms with Gasteiger partial charge in [0.25, 0.3) is 0 Å². The molecule has 0 aliphatic heterocycles. The van der Waals surface area contributed by atoms with Gasteiger partial charge in [0.15, 0.2) is 0 Å². The first-order valence-electron chi connectivity index (χ1n) is 11.6. The number of thioether (sulfide) groups is 1. The van der Waals surface area contributed by atoms with Crippen molar-refractivity contribution in [2.45, 2.75) is 69.8 Å². The van der Waals surface area contributed by atoms with Gasteiger partial charge >= 0.3 is 0 Å². The van der Waals surface area contributed by atoms with Crippen LogP contribution in [-0.4, -0.2) is 22.7 Å². The zero-order valence-corrected chi connectivity index (χ0v) is 19.6. The zero-order chi connectivity index (χ0) is 21.1. The predicted molar refractivity (Wildman–Crippen MR) is 124 cm³/mol. The van der Waals surface area contributed by atoms with Gasteiger partial charge in [0.1, 0.15) is 5.78 Å². The van der Waals surface area contributed by atoms with Crippen molar-refractivity contribution in [2.24, 2.45) is 34.5 Å². The molecule has 162 valence electrons. The molecule has 3 fully saturated rings. The van der Waals surface area contributed by atoms with Crippen LogP contribution in [0.1, 0.15) is 58.8 Å². The minimum atomic E-state index is -0.248. The number of hydrogen-bond donors (Lipinski definition) is 1. The monoisotopic (exact) mass is 444 g/mol. The third-order valence-corrected chi connectivity index (χ3v) is 10.6. The van der Waals surface area contributed by atoms with Crippen LogP contribution in [0.2, 0.25) is 5.02 Å². The third-order valence-electron chi connectivity index (χ3n) is 9.13. The lowest BCUT2D eigenvalue weighted by atomic mass is 9.47. The maximum atomic E-state index is 12.3. The molecule has 30 heavy (non-hydrogen) atoms. The summed E-state index contributed by atoms with van der Waals surface area (Å²) in [6, 6.07) is 8.03. The Morgan fingerprint density at radius 3 is 2.70 bits per heavy atom. The first-order valence-corrected chi connectivity index (χ1v) is 12.9. The topological polar surface area (TPSA) is 37.3 Å². The van der Waals surface area contributed by atoms with Gasteiger partial charge in [-0.3, -0.25) is 4.79 Å². The van der Waals surface area contributed by atoms with E-state index in [4.69, 9.17) is 11.6 Å². The van der Waals surface area contributed by atoms with E-state index in [1.165, 1.54) is 23.3 Å². The van der Waals surface area contributed by atoms with Gasteiger partial charge < -0.3 is 5.11 Å². The molecule has 4 aliphatic carbocycles. The van der Waals surface area contributed by atoms with E-state index in [2.05, 4.69) is 32.1 Å². The molecule has 0 bridgehead atoms. The Hall–Kier alpha value is -0.770. The lowest BCUT2D eigenvalue weighted by Gasteiger charge is -2.58. The average molecular weight is 445 g/mol. The first-order chi connectivity index (χ1) is 14.3. The van der Waals surface area contributed by atoms with Gasteiger partial charge in [-0.05, 0) is 90.9 Å². The summed E-state index contributed by atoms with van der Waals surface area (Å²) in [6.07, 6.45) is 9.25. The highest BCUT2D eigenvalue weighted by Crippen LogP contribution is 2.64. The van der Waals surface area contributed by atoms with E-state index < -0.39 is 0 Å². The normalized spacial score (nSPS) is 42.9. The number of Topliss-reactive ketones (excluding diaryl/α,β-unsaturated/α-hetero) is 1. The van der Waals surface area contributed by atoms with Crippen LogP contribution < -0.4 is 0 Å². The molecule has 4 aliphatic rings. The van der Waals surface area contributed by atoms with Crippen molar-refractivity contribution < 1.29 is 9.90 Å². The highest BCUT2D eigenvalue weighted by molar-refractivity contribution is 7.99. The number of halogens is 1. The van der Waals surface area contributed by atoms with Crippen molar-refractivity contribution in [2.75, 3.05) is 5.75 Å². The average Bonchev–Trinajstić information content (AvgIpc) is 3.02. The highest BCUT2D eigenvalue weighted by Gasteiger charge is 2.58.